The van der Waals surface area contributed by atoms with Crippen molar-refractivity contribution in [3.05, 3.63) is 29.8 Å². The quantitative estimate of drug-likeness (QED) is 0.894. The third-order valence-electron chi connectivity index (χ3n) is 4.17. The maximum atomic E-state index is 12.5. The molecule has 20 heavy (non-hydrogen) atoms. The van der Waals surface area contributed by atoms with E-state index in [0.29, 0.717) is 32.0 Å². The molecule has 0 radical (unpaired) electrons. The zero-order chi connectivity index (χ0) is 13.8. The molecule has 1 aromatic rings. The maximum Gasteiger partial charge on any atom is 0.223 e. The van der Waals surface area contributed by atoms with Crippen LogP contribution in [0.4, 0.5) is 0 Å². The van der Waals surface area contributed by atoms with E-state index in [1.807, 2.05) is 29.2 Å². The second kappa shape index (κ2) is 6.27. The number of nitrogens with one attached hydrogen (secondary N) is 1. The predicted molar refractivity (Wildman–Crippen MR) is 77.6 cm³/mol. The van der Waals surface area contributed by atoms with Crippen LogP contribution in [-0.4, -0.2) is 37.0 Å². The van der Waals surface area contributed by atoms with Gasteiger partial charge in [-0.3, -0.25) is 4.79 Å². The normalized spacial score (nSPS) is 22.6. The molecule has 0 saturated carbocycles. The lowest BCUT2D eigenvalue weighted by molar-refractivity contribution is -0.133. The van der Waals surface area contributed by atoms with Crippen LogP contribution in [0.1, 0.15) is 24.8 Å². The maximum absolute atomic E-state index is 12.5. The highest BCUT2D eigenvalue weighted by atomic mass is 16.5. The van der Waals surface area contributed by atoms with Crippen molar-refractivity contribution in [2.24, 2.45) is 5.92 Å². The van der Waals surface area contributed by atoms with Crippen LogP contribution in [0.5, 0.6) is 5.75 Å². The first-order valence-electron chi connectivity index (χ1n) is 7.52. The fraction of sp³-hybridized carbons (Fsp3) is 0.562. The highest BCUT2D eigenvalue weighted by molar-refractivity contribution is 5.76. The third kappa shape index (κ3) is 3.12. The lowest BCUT2D eigenvalue weighted by Crippen LogP contribution is -2.37. The molecule has 2 aliphatic heterocycles. The highest BCUT2D eigenvalue weighted by Crippen LogP contribution is 2.24. The van der Waals surface area contributed by atoms with Crippen molar-refractivity contribution in [1.82, 2.24) is 10.2 Å². The predicted octanol–water partition coefficient (Wildman–Crippen LogP) is 1.80. The molecule has 0 aliphatic carbocycles. The SMILES string of the molecule is O=C(CC1CCCNC1)N1CCOc2ccccc2C1. The summed E-state index contributed by atoms with van der Waals surface area (Å²) in [7, 11) is 0. The molecule has 4 nitrogen and oxygen atoms in total. The Balaban J connectivity index is 1.63. The first-order valence-corrected chi connectivity index (χ1v) is 7.52. The van der Waals surface area contributed by atoms with Crippen molar-refractivity contribution >= 4 is 5.91 Å². The zero-order valence-corrected chi connectivity index (χ0v) is 11.8. The number of amides is 1. The first kappa shape index (κ1) is 13.4. The van der Waals surface area contributed by atoms with Crippen molar-refractivity contribution in [3.63, 3.8) is 0 Å². The summed E-state index contributed by atoms with van der Waals surface area (Å²) in [6.07, 6.45) is 3.01. The summed E-state index contributed by atoms with van der Waals surface area (Å²) in [6, 6.07) is 8.00. The molecule has 1 amide bonds. The molecule has 108 valence electrons. The van der Waals surface area contributed by atoms with Gasteiger partial charge in [0.25, 0.3) is 0 Å². The zero-order valence-electron chi connectivity index (χ0n) is 11.8. The van der Waals surface area contributed by atoms with Crippen molar-refractivity contribution in [2.75, 3.05) is 26.2 Å². The molecule has 0 bridgehead atoms. The number of fused-ring (bicyclic) bond motifs is 1. The Kier molecular flexibility index (Phi) is 4.21. The van der Waals surface area contributed by atoms with Gasteiger partial charge in [-0.1, -0.05) is 18.2 Å². The number of para-hydroxylation sites is 1. The van der Waals surface area contributed by atoms with Gasteiger partial charge in [-0.15, -0.1) is 0 Å². The summed E-state index contributed by atoms with van der Waals surface area (Å²) in [5.41, 5.74) is 1.11. The van der Waals surface area contributed by atoms with Gasteiger partial charge in [-0.25, -0.2) is 0 Å². The molecule has 2 heterocycles. The van der Waals surface area contributed by atoms with Crippen LogP contribution in [0, 0.1) is 5.92 Å². The van der Waals surface area contributed by atoms with Gasteiger partial charge in [0, 0.05) is 18.5 Å². The van der Waals surface area contributed by atoms with E-state index < -0.39 is 0 Å². The molecule has 1 aromatic carbocycles. The largest absolute Gasteiger partial charge is 0.491 e. The summed E-state index contributed by atoms with van der Waals surface area (Å²) in [4.78, 5) is 14.4. The van der Waals surface area contributed by atoms with E-state index in [-0.39, 0.29) is 5.91 Å². The summed E-state index contributed by atoms with van der Waals surface area (Å²) in [5, 5.41) is 3.38. The number of ether oxygens (including phenoxy) is 1. The number of hydrogen-bond acceptors (Lipinski definition) is 3. The summed E-state index contributed by atoms with van der Waals surface area (Å²) < 4.78 is 5.71. The second-order valence-electron chi connectivity index (χ2n) is 5.69. The Labute approximate surface area is 120 Å². The van der Waals surface area contributed by atoms with Gasteiger partial charge in [0.1, 0.15) is 12.4 Å². The van der Waals surface area contributed by atoms with E-state index >= 15 is 0 Å². The van der Waals surface area contributed by atoms with Crippen LogP contribution in [0.3, 0.4) is 0 Å². The van der Waals surface area contributed by atoms with Crippen LogP contribution in [0.2, 0.25) is 0 Å². The van der Waals surface area contributed by atoms with E-state index in [1.165, 1.54) is 12.8 Å². The Bertz CT molecular complexity index is 469. The van der Waals surface area contributed by atoms with Crippen LogP contribution in [-0.2, 0) is 11.3 Å². The van der Waals surface area contributed by atoms with Crippen LogP contribution in [0.25, 0.3) is 0 Å². The lowest BCUT2D eigenvalue weighted by Gasteiger charge is -2.26. The van der Waals surface area contributed by atoms with Gasteiger partial charge >= 0.3 is 0 Å². The van der Waals surface area contributed by atoms with Gasteiger partial charge in [-0.05, 0) is 37.9 Å². The minimum absolute atomic E-state index is 0.263. The summed E-state index contributed by atoms with van der Waals surface area (Å²) >= 11 is 0. The molecular formula is C16H22N2O2. The van der Waals surface area contributed by atoms with Gasteiger partial charge < -0.3 is 15.0 Å². The topological polar surface area (TPSA) is 41.6 Å². The number of carbonyl (C=O) groups excluding carboxylic acids is 1. The number of carbonyl (C=O) groups is 1. The van der Waals surface area contributed by atoms with Gasteiger partial charge in [0.2, 0.25) is 5.91 Å². The molecule has 0 spiro atoms. The van der Waals surface area contributed by atoms with E-state index in [2.05, 4.69) is 5.32 Å². The number of piperidine rings is 1. The first-order chi connectivity index (χ1) is 9.83. The van der Waals surface area contributed by atoms with Gasteiger partial charge in [0.05, 0.1) is 6.54 Å². The van der Waals surface area contributed by atoms with Gasteiger partial charge in [0.15, 0.2) is 0 Å². The molecule has 0 aromatic heterocycles. The van der Waals surface area contributed by atoms with Crippen molar-refractivity contribution < 1.29 is 9.53 Å². The minimum atomic E-state index is 0.263. The average molecular weight is 274 g/mol. The summed E-state index contributed by atoms with van der Waals surface area (Å²) in [5.74, 6) is 1.68. The average Bonchev–Trinajstić information content (AvgIpc) is 2.70. The van der Waals surface area contributed by atoms with Crippen molar-refractivity contribution in [3.8, 4) is 5.75 Å². The summed E-state index contributed by atoms with van der Waals surface area (Å²) in [6.45, 7) is 4.02. The molecular weight excluding hydrogens is 252 g/mol. The smallest absolute Gasteiger partial charge is 0.223 e. The molecule has 4 heteroatoms. The molecule has 1 N–H and O–H groups in total. The third-order valence-corrected chi connectivity index (χ3v) is 4.17. The molecule has 1 saturated heterocycles. The van der Waals surface area contributed by atoms with Gasteiger partial charge in [-0.2, -0.15) is 0 Å². The van der Waals surface area contributed by atoms with Crippen LogP contribution in [0.15, 0.2) is 24.3 Å². The Morgan fingerprint density at radius 3 is 3.15 bits per heavy atom. The van der Waals surface area contributed by atoms with E-state index in [0.717, 1.165) is 24.4 Å². The Hall–Kier alpha value is -1.55. The van der Waals surface area contributed by atoms with Crippen LogP contribution >= 0.6 is 0 Å². The molecule has 1 unspecified atom stereocenters. The fourth-order valence-electron chi connectivity index (χ4n) is 3.01. The standard InChI is InChI=1S/C16H22N2O2/c19-16(10-13-4-3-7-17-11-13)18-8-9-20-15-6-2-1-5-14(15)12-18/h1-2,5-6,13,17H,3-4,7-12H2. The monoisotopic (exact) mass is 274 g/mol. The number of rotatable bonds is 2. The molecule has 1 fully saturated rings. The fourth-order valence-corrected chi connectivity index (χ4v) is 3.01. The highest BCUT2D eigenvalue weighted by Gasteiger charge is 2.23. The van der Waals surface area contributed by atoms with Crippen molar-refractivity contribution in [1.29, 1.82) is 0 Å². The minimum Gasteiger partial charge on any atom is -0.491 e. The molecule has 1 atom stereocenters. The number of hydrogen-bond donors (Lipinski definition) is 1. The number of benzene rings is 1. The molecule has 2 aliphatic rings. The molecule has 3 rings (SSSR count). The Morgan fingerprint density at radius 2 is 2.30 bits per heavy atom. The van der Waals surface area contributed by atoms with E-state index in [4.69, 9.17) is 4.74 Å². The second-order valence-corrected chi connectivity index (χ2v) is 5.69. The van der Waals surface area contributed by atoms with E-state index in [1.54, 1.807) is 0 Å². The number of nitrogens with zero attached hydrogens (tertiary/aromatic N) is 1. The van der Waals surface area contributed by atoms with Crippen LogP contribution < -0.4 is 10.1 Å². The Morgan fingerprint density at radius 1 is 1.40 bits per heavy atom. The lowest BCUT2D eigenvalue weighted by atomic mass is 9.95. The van der Waals surface area contributed by atoms with Crippen molar-refractivity contribution in [2.45, 2.75) is 25.8 Å². The van der Waals surface area contributed by atoms with E-state index in [9.17, 15) is 4.79 Å².